The van der Waals surface area contributed by atoms with E-state index < -0.39 is 21.2 Å². The van der Waals surface area contributed by atoms with Gasteiger partial charge < -0.3 is 14.5 Å². The number of nitrogens with one attached hydrogen (secondary N) is 1. The average Bonchev–Trinajstić information content (AvgIpc) is 2.67. The van der Waals surface area contributed by atoms with E-state index in [9.17, 15) is 14.4 Å². The van der Waals surface area contributed by atoms with Crippen LogP contribution in [0.3, 0.4) is 0 Å². The second-order valence-electron chi connectivity index (χ2n) is 9.32. The summed E-state index contributed by atoms with van der Waals surface area (Å²) in [6.07, 6.45) is 1.25. The normalized spacial score (nSPS) is 25.3. The highest BCUT2D eigenvalue weighted by atomic mass is 32.2. The molecule has 2 amide bonds. The number of ketones is 1. The fourth-order valence-electron chi connectivity index (χ4n) is 3.94. The molecule has 4 atom stereocenters. The van der Waals surface area contributed by atoms with Crippen LogP contribution in [-0.2, 0) is 18.8 Å². The number of β-lactam (4-membered cyclic amide) rings is 1. The third kappa shape index (κ3) is 6.34. The van der Waals surface area contributed by atoms with Gasteiger partial charge in [-0.1, -0.05) is 33.4 Å². The van der Waals surface area contributed by atoms with E-state index in [2.05, 4.69) is 45.8 Å². The van der Waals surface area contributed by atoms with Crippen LogP contribution in [0.25, 0.3) is 0 Å². The van der Waals surface area contributed by atoms with Crippen LogP contribution in [0.2, 0.25) is 13.1 Å². The van der Waals surface area contributed by atoms with Gasteiger partial charge in [-0.05, 0) is 24.4 Å². The number of Topliss-reactive ketones (excluding diaryl/α,β-unsaturated/α-hetero) is 1. The van der Waals surface area contributed by atoms with E-state index in [1.807, 2.05) is 0 Å². The third-order valence-corrected chi connectivity index (χ3v) is 7.58. The van der Waals surface area contributed by atoms with Gasteiger partial charge >= 0.3 is 6.09 Å². The Kier molecular flexibility index (Phi) is 8.99. The van der Waals surface area contributed by atoms with Gasteiger partial charge in [-0.2, -0.15) is 11.8 Å². The lowest BCUT2D eigenvalue weighted by atomic mass is 9.66. The van der Waals surface area contributed by atoms with Gasteiger partial charge in [-0.3, -0.25) is 14.5 Å². The van der Waals surface area contributed by atoms with E-state index in [1.165, 1.54) is 11.0 Å². The summed E-state index contributed by atoms with van der Waals surface area (Å²) >= 11 is 1.66. The van der Waals surface area contributed by atoms with E-state index in [0.717, 1.165) is 5.75 Å². The number of thioether (sulfide) groups is 1. The van der Waals surface area contributed by atoms with E-state index in [0.29, 0.717) is 18.9 Å². The maximum absolute atomic E-state index is 13.1. The molecule has 1 N–H and O–H groups in total. The van der Waals surface area contributed by atoms with E-state index >= 15 is 0 Å². The SMILES string of the molecule is C=CCOC(=O)N1CCSCC1C(=O)C[C@H]1NC(=O)[C@H]1[C@@H](CO[SiH](C)C)C(C)(C)C. The highest BCUT2D eigenvalue weighted by Crippen LogP contribution is 2.39. The topological polar surface area (TPSA) is 84.9 Å². The number of hydrogen-bond acceptors (Lipinski definition) is 6. The first kappa shape index (κ1) is 24.9. The second kappa shape index (κ2) is 10.8. The van der Waals surface area contributed by atoms with Gasteiger partial charge in [0.15, 0.2) is 14.8 Å². The van der Waals surface area contributed by atoms with Crippen molar-refractivity contribution in [3.8, 4) is 0 Å². The van der Waals surface area contributed by atoms with Gasteiger partial charge in [0, 0.05) is 37.1 Å². The number of carbonyl (C=O) groups is 3. The summed E-state index contributed by atoms with van der Waals surface area (Å²) in [5.41, 5.74) is -0.117. The number of ether oxygens (including phenoxy) is 1. The molecule has 0 aromatic carbocycles. The first-order valence-electron chi connectivity index (χ1n) is 10.6. The highest BCUT2D eigenvalue weighted by Gasteiger charge is 2.49. The fourth-order valence-corrected chi connectivity index (χ4v) is 5.61. The molecular formula is C21H36N2O5SSi. The Balaban J connectivity index is 2.07. The Morgan fingerprint density at radius 1 is 1.40 bits per heavy atom. The minimum absolute atomic E-state index is 0.0120. The largest absolute Gasteiger partial charge is 0.445 e. The number of nitrogens with zero attached hydrogens (tertiary/aromatic N) is 1. The molecule has 0 aromatic heterocycles. The Bertz CT molecular complexity index is 652. The van der Waals surface area contributed by atoms with Crippen molar-refractivity contribution in [2.24, 2.45) is 17.3 Å². The van der Waals surface area contributed by atoms with Crippen molar-refractivity contribution >= 4 is 38.6 Å². The summed E-state index contributed by atoms with van der Waals surface area (Å²) in [7, 11) is -1.22. The molecule has 0 aliphatic carbocycles. The van der Waals surface area contributed by atoms with Crippen LogP contribution < -0.4 is 5.32 Å². The molecule has 170 valence electrons. The zero-order valence-electron chi connectivity index (χ0n) is 18.8. The molecule has 2 fully saturated rings. The molecular weight excluding hydrogens is 420 g/mol. The fraction of sp³-hybridized carbons (Fsp3) is 0.762. The van der Waals surface area contributed by atoms with Gasteiger partial charge in [0.2, 0.25) is 5.91 Å². The molecule has 2 saturated heterocycles. The minimum atomic E-state index is -1.22. The van der Waals surface area contributed by atoms with Crippen molar-refractivity contribution in [2.45, 2.75) is 52.4 Å². The van der Waals surface area contributed by atoms with Crippen molar-refractivity contribution in [2.75, 3.05) is 31.3 Å². The van der Waals surface area contributed by atoms with E-state index in [4.69, 9.17) is 9.16 Å². The maximum atomic E-state index is 13.1. The molecule has 1 unspecified atom stereocenters. The second-order valence-corrected chi connectivity index (χ2v) is 12.9. The van der Waals surface area contributed by atoms with Gasteiger partial charge in [0.1, 0.15) is 12.6 Å². The summed E-state index contributed by atoms with van der Waals surface area (Å²) < 4.78 is 11.1. The van der Waals surface area contributed by atoms with Crippen molar-refractivity contribution < 1.29 is 23.5 Å². The third-order valence-electron chi connectivity index (χ3n) is 5.70. The molecule has 2 aliphatic rings. The van der Waals surface area contributed by atoms with Gasteiger partial charge in [0.25, 0.3) is 0 Å². The van der Waals surface area contributed by atoms with Crippen LogP contribution in [0.5, 0.6) is 0 Å². The van der Waals surface area contributed by atoms with Crippen LogP contribution in [0, 0.1) is 17.3 Å². The number of amides is 2. The van der Waals surface area contributed by atoms with Crippen LogP contribution in [-0.4, -0.2) is 75.1 Å². The number of hydrogen-bond donors (Lipinski definition) is 1. The van der Waals surface area contributed by atoms with Crippen molar-refractivity contribution in [3.63, 3.8) is 0 Å². The zero-order valence-corrected chi connectivity index (χ0v) is 20.8. The molecule has 0 saturated carbocycles. The molecule has 30 heavy (non-hydrogen) atoms. The van der Waals surface area contributed by atoms with Gasteiger partial charge in [-0.15, -0.1) is 0 Å². The molecule has 0 aromatic rings. The average molecular weight is 457 g/mol. The minimum Gasteiger partial charge on any atom is -0.445 e. The monoisotopic (exact) mass is 456 g/mol. The Morgan fingerprint density at radius 3 is 2.67 bits per heavy atom. The molecule has 7 nitrogen and oxygen atoms in total. The molecule has 0 bridgehead atoms. The van der Waals surface area contributed by atoms with E-state index in [-0.39, 0.29) is 48.0 Å². The summed E-state index contributed by atoms with van der Waals surface area (Å²) in [6.45, 7) is 15.3. The Labute approximate surface area is 186 Å². The number of rotatable bonds is 9. The summed E-state index contributed by atoms with van der Waals surface area (Å²) in [4.78, 5) is 39.5. The first-order valence-corrected chi connectivity index (χ1v) is 14.6. The molecule has 9 heteroatoms. The van der Waals surface area contributed by atoms with Crippen LogP contribution in [0.15, 0.2) is 12.7 Å². The number of carbonyl (C=O) groups excluding carboxylic acids is 3. The molecule has 2 aliphatic heterocycles. The summed E-state index contributed by atoms with van der Waals surface area (Å²) in [5.74, 6) is 1.07. The standard InChI is InChI=1S/C21H36N2O5SSi/c1-7-9-27-20(26)23-8-10-29-13-16(23)17(24)11-15-18(19(25)22-15)14(21(2,3)4)12-28-30(5)6/h7,14-16,18,30H,1,8-13H2,2-6H3,(H,22,25)/t14-,15-,16?,18+/m1/s1. The highest BCUT2D eigenvalue weighted by molar-refractivity contribution is 7.99. The van der Waals surface area contributed by atoms with Crippen molar-refractivity contribution in [1.82, 2.24) is 10.2 Å². The van der Waals surface area contributed by atoms with E-state index in [1.54, 1.807) is 11.8 Å². The predicted molar refractivity (Wildman–Crippen MR) is 122 cm³/mol. The summed E-state index contributed by atoms with van der Waals surface area (Å²) in [6, 6.07) is -0.740. The Morgan fingerprint density at radius 2 is 2.10 bits per heavy atom. The lowest BCUT2D eigenvalue weighted by Crippen LogP contribution is -2.64. The molecule has 2 rings (SSSR count). The predicted octanol–water partition coefficient (Wildman–Crippen LogP) is 2.46. The Hall–Kier alpha value is -1.32. The summed E-state index contributed by atoms with van der Waals surface area (Å²) in [5, 5.41) is 2.92. The quantitative estimate of drug-likeness (QED) is 0.326. The molecule has 0 radical (unpaired) electrons. The van der Waals surface area contributed by atoms with Crippen molar-refractivity contribution in [1.29, 1.82) is 0 Å². The molecule has 2 heterocycles. The zero-order chi connectivity index (χ0) is 22.5. The lowest BCUT2D eigenvalue weighted by Gasteiger charge is -2.47. The van der Waals surface area contributed by atoms with Crippen LogP contribution in [0.1, 0.15) is 27.2 Å². The van der Waals surface area contributed by atoms with Crippen LogP contribution in [0.4, 0.5) is 4.79 Å². The smallest absolute Gasteiger partial charge is 0.410 e. The lowest BCUT2D eigenvalue weighted by molar-refractivity contribution is -0.144. The molecule has 0 spiro atoms. The van der Waals surface area contributed by atoms with Gasteiger partial charge in [-0.25, -0.2) is 4.79 Å². The van der Waals surface area contributed by atoms with Gasteiger partial charge in [0.05, 0.1) is 5.92 Å². The first-order chi connectivity index (χ1) is 14.1. The maximum Gasteiger partial charge on any atom is 0.410 e. The van der Waals surface area contributed by atoms with Crippen molar-refractivity contribution in [3.05, 3.63) is 12.7 Å². The van der Waals surface area contributed by atoms with Crippen LogP contribution >= 0.6 is 11.8 Å².